The number of halogens is 2. The molecule has 2 N–H and O–H groups in total. The number of carboxylic acids is 1. The number of aromatic nitrogens is 1. The Kier molecular flexibility index (Phi) is 3.31. The Balaban J connectivity index is 2.22. The second-order valence-electron chi connectivity index (χ2n) is 3.84. The zero-order chi connectivity index (χ0) is 12.6. The Morgan fingerprint density at radius 3 is 2.71 bits per heavy atom. The lowest BCUT2D eigenvalue weighted by Crippen LogP contribution is -2.40. The van der Waals surface area contributed by atoms with Crippen LogP contribution in [0.1, 0.15) is 23.3 Å². The molecule has 5 nitrogen and oxygen atoms in total. The quantitative estimate of drug-likeness (QED) is 0.868. The van der Waals surface area contributed by atoms with Gasteiger partial charge in [0.05, 0.1) is 5.02 Å². The van der Waals surface area contributed by atoms with Crippen molar-refractivity contribution in [1.29, 1.82) is 0 Å². The molecule has 1 saturated heterocycles. The summed E-state index contributed by atoms with van der Waals surface area (Å²) in [6, 6.07) is 0.645. The maximum atomic E-state index is 12.0. The van der Waals surface area contributed by atoms with Gasteiger partial charge in [-0.25, -0.2) is 4.79 Å². The normalized spacial score (nSPS) is 19.6. The summed E-state index contributed by atoms with van der Waals surface area (Å²) in [6.45, 7) is 0.435. The molecule has 0 spiro atoms. The molecule has 0 radical (unpaired) electrons. The van der Waals surface area contributed by atoms with Gasteiger partial charge in [0.2, 0.25) is 0 Å². The van der Waals surface area contributed by atoms with E-state index in [9.17, 15) is 9.59 Å². The zero-order valence-corrected chi connectivity index (χ0v) is 10.3. The van der Waals surface area contributed by atoms with Crippen LogP contribution in [0.25, 0.3) is 0 Å². The Morgan fingerprint density at radius 1 is 1.47 bits per heavy atom. The summed E-state index contributed by atoms with van der Waals surface area (Å²) in [7, 11) is 0. The van der Waals surface area contributed by atoms with E-state index in [0.29, 0.717) is 19.4 Å². The van der Waals surface area contributed by atoms with E-state index in [1.165, 1.54) is 11.0 Å². The molecule has 1 aromatic rings. The number of nitrogens with one attached hydrogen (secondary N) is 1. The number of aliphatic carboxylic acids is 1. The molecule has 2 rings (SSSR count). The molecule has 0 aliphatic carbocycles. The fourth-order valence-electron chi connectivity index (χ4n) is 1.94. The average molecular weight is 277 g/mol. The number of likely N-dealkylation sites (tertiary alicyclic amines) is 1. The van der Waals surface area contributed by atoms with Crippen molar-refractivity contribution in [3.63, 3.8) is 0 Å². The van der Waals surface area contributed by atoms with Crippen molar-refractivity contribution >= 4 is 35.1 Å². The minimum atomic E-state index is -0.986. The fourth-order valence-corrected chi connectivity index (χ4v) is 2.25. The number of carbonyl (C=O) groups excluding carboxylic acids is 1. The second kappa shape index (κ2) is 4.58. The molecule has 17 heavy (non-hydrogen) atoms. The number of H-pyrrole nitrogens is 1. The van der Waals surface area contributed by atoms with E-state index in [1.54, 1.807) is 0 Å². The van der Waals surface area contributed by atoms with E-state index in [-0.39, 0.29) is 21.8 Å². The van der Waals surface area contributed by atoms with Gasteiger partial charge >= 0.3 is 5.97 Å². The average Bonchev–Trinajstić information content (AvgIpc) is 2.85. The van der Waals surface area contributed by atoms with Crippen LogP contribution in [0.3, 0.4) is 0 Å². The molecule has 7 heteroatoms. The van der Waals surface area contributed by atoms with Crippen LogP contribution in [-0.4, -0.2) is 39.5 Å². The van der Waals surface area contributed by atoms with E-state index in [1.807, 2.05) is 0 Å². The van der Waals surface area contributed by atoms with E-state index in [2.05, 4.69) is 4.98 Å². The minimum Gasteiger partial charge on any atom is -0.480 e. The molecule has 1 fully saturated rings. The van der Waals surface area contributed by atoms with Gasteiger partial charge in [-0.15, -0.1) is 0 Å². The SMILES string of the molecule is O=C(O)C1CCCN1C(=O)c1cc(Cl)c(Cl)[nH]1. The van der Waals surface area contributed by atoms with Crippen molar-refractivity contribution in [2.45, 2.75) is 18.9 Å². The number of aromatic amines is 1. The molecule has 0 bridgehead atoms. The molecule has 1 aliphatic rings. The number of carboxylic acid groups (broad SMARTS) is 1. The standard InChI is InChI=1S/C10H10Cl2N2O3/c11-5-4-6(13-8(5)12)9(15)14-3-1-2-7(14)10(16)17/h4,7,13H,1-3H2,(H,16,17). The van der Waals surface area contributed by atoms with Gasteiger partial charge in [0.25, 0.3) is 5.91 Å². The van der Waals surface area contributed by atoms with Crippen LogP contribution in [0.5, 0.6) is 0 Å². The van der Waals surface area contributed by atoms with Crippen LogP contribution in [0.2, 0.25) is 10.2 Å². The second-order valence-corrected chi connectivity index (χ2v) is 4.62. The van der Waals surface area contributed by atoms with Gasteiger partial charge in [-0.3, -0.25) is 4.79 Å². The van der Waals surface area contributed by atoms with Crippen molar-refractivity contribution < 1.29 is 14.7 Å². The third kappa shape index (κ3) is 2.25. The molecule has 2 heterocycles. The smallest absolute Gasteiger partial charge is 0.326 e. The predicted molar refractivity (Wildman–Crippen MR) is 62.5 cm³/mol. The van der Waals surface area contributed by atoms with Crippen LogP contribution in [0.4, 0.5) is 0 Å². The zero-order valence-electron chi connectivity index (χ0n) is 8.74. The number of carbonyl (C=O) groups is 2. The monoisotopic (exact) mass is 276 g/mol. The summed E-state index contributed by atoms with van der Waals surface area (Å²) in [5, 5.41) is 9.42. The number of hydrogen-bond acceptors (Lipinski definition) is 2. The number of rotatable bonds is 2. The Bertz CT molecular complexity index is 453. The van der Waals surface area contributed by atoms with Crippen LogP contribution in [0, 0.1) is 0 Å². The van der Waals surface area contributed by atoms with Crippen molar-refractivity contribution in [2.75, 3.05) is 6.54 Å². The third-order valence-electron chi connectivity index (χ3n) is 2.75. The molecule has 1 unspecified atom stereocenters. The van der Waals surface area contributed by atoms with E-state index in [0.717, 1.165) is 0 Å². The first-order chi connectivity index (χ1) is 8.00. The first-order valence-corrected chi connectivity index (χ1v) is 5.84. The van der Waals surface area contributed by atoms with Crippen LogP contribution < -0.4 is 0 Å². The lowest BCUT2D eigenvalue weighted by atomic mass is 10.2. The Labute approximate surface area is 107 Å². The highest BCUT2D eigenvalue weighted by molar-refractivity contribution is 6.41. The summed E-state index contributed by atoms with van der Waals surface area (Å²) in [5.74, 6) is -1.37. The van der Waals surface area contributed by atoms with E-state index < -0.39 is 12.0 Å². The summed E-state index contributed by atoms with van der Waals surface area (Å²) >= 11 is 11.4. The van der Waals surface area contributed by atoms with Crippen LogP contribution >= 0.6 is 23.2 Å². The molecule has 0 aromatic carbocycles. The van der Waals surface area contributed by atoms with E-state index in [4.69, 9.17) is 28.3 Å². The maximum Gasteiger partial charge on any atom is 0.326 e. The van der Waals surface area contributed by atoms with Gasteiger partial charge in [0.1, 0.15) is 16.9 Å². The molecule has 1 aromatic heterocycles. The maximum absolute atomic E-state index is 12.0. The van der Waals surface area contributed by atoms with Crippen molar-refractivity contribution in [3.8, 4) is 0 Å². The summed E-state index contributed by atoms with van der Waals surface area (Å²) in [5.41, 5.74) is 0.216. The number of hydrogen-bond donors (Lipinski definition) is 2. The topological polar surface area (TPSA) is 73.4 Å². The van der Waals surface area contributed by atoms with Gasteiger partial charge < -0.3 is 15.0 Å². The lowest BCUT2D eigenvalue weighted by molar-refractivity contribution is -0.141. The summed E-state index contributed by atoms with van der Waals surface area (Å²) in [4.78, 5) is 27.0. The molecule has 0 saturated carbocycles. The van der Waals surface area contributed by atoms with Gasteiger partial charge in [0.15, 0.2) is 0 Å². The first-order valence-electron chi connectivity index (χ1n) is 5.08. The first kappa shape index (κ1) is 12.3. The Morgan fingerprint density at radius 2 is 2.18 bits per heavy atom. The molecular formula is C10H10Cl2N2O3. The third-order valence-corrected chi connectivity index (χ3v) is 3.45. The van der Waals surface area contributed by atoms with E-state index >= 15 is 0 Å². The minimum absolute atomic E-state index is 0.182. The molecule has 1 atom stereocenters. The molecule has 1 aliphatic heterocycles. The lowest BCUT2D eigenvalue weighted by Gasteiger charge is -2.20. The van der Waals surface area contributed by atoms with Crippen molar-refractivity contribution in [1.82, 2.24) is 9.88 Å². The largest absolute Gasteiger partial charge is 0.480 e. The highest BCUT2D eigenvalue weighted by Gasteiger charge is 2.35. The fraction of sp³-hybridized carbons (Fsp3) is 0.400. The number of amides is 1. The highest BCUT2D eigenvalue weighted by atomic mass is 35.5. The molecular weight excluding hydrogens is 267 g/mol. The highest BCUT2D eigenvalue weighted by Crippen LogP contribution is 2.25. The van der Waals surface area contributed by atoms with Gasteiger partial charge in [0, 0.05) is 6.54 Å². The Hall–Kier alpha value is -1.20. The van der Waals surface area contributed by atoms with Crippen LogP contribution in [-0.2, 0) is 4.79 Å². The predicted octanol–water partition coefficient (Wildman–Crippen LogP) is 2.01. The summed E-state index contributed by atoms with van der Waals surface area (Å²) in [6.07, 6.45) is 1.16. The molecule has 92 valence electrons. The van der Waals surface area contributed by atoms with Gasteiger partial charge in [-0.1, -0.05) is 23.2 Å². The summed E-state index contributed by atoms with van der Waals surface area (Å²) < 4.78 is 0. The van der Waals surface area contributed by atoms with Crippen molar-refractivity contribution in [2.24, 2.45) is 0 Å². The van der Waals surface area contributed by atoms with Gasteiger partial charge in [-0.2, -0.15) is 0 Å². The van der Waals surface area contributed by atoms with Crippen LogP contribution in [0.15, 0.2) is 6.07 Å². The number of nitrogens with zero attached hydrogens (tertiary/aromatic N) is 1. The van der Waals surface area contributed by atoms with Gasteiger partial charge in [-0.05, 0) is 18.9 Å². The van der Waals surface area contributed by atoms with Crippen molar-refractivity contribution in [3.05, 3.63) is 21.9 Å². The molecule has 1 amide bonds.